The summed E-state index contributed by atoms with van der Waals surface area (Å²) >= 11 is 11.3. The van der Waals surface area contributed by atoms with Gasteiger partial charge in [-0.3, -0.25) is 0 Å². The molecule has 0 bridgehead atoms. The summed E-state index contributed by atoms with van der Waals surface area (Å²) in [6.07, 6.45) is 1.08. The fourth-order valence-corrected chi connectivity index (χ4v) is 3.85. The van der Waals surface area contributed by atoms with Crippen LogP contribution in [0.2, 0.25) is 5.02 Å². The van der Waals surface area contributed by atoms with Gasteiger partial charge in [-0.25, -0.2) is 0 Å². The minimum Gasteiger partial charge on any atom is -0.497 e. The van der Waals surface area contributed by atoms with E-state index in [0.717, 1.165) is 27.5 Å². The van der Waals surface area contributed by atoms with Crippen molar-refractivity contribution in [1.29, 1.82) is 0 Å². The van der Waals surface area contributed by atoms with Crippen molar-refractivity contribution >= 4 is 38.9 Å². The molecule has 0 amide bonds. The standard InChI is InChI=1S/C15H17BrClNOS/c1-3-7-18-14(13-9-12(17)15(16)20-13)10-5-4-6-11(8-10)19-2/h4-6,8-9,14,18H,3,7H2,1-2H3. The lowest BCUT2D eigenvalue weighted by Crippen LogP contribution is -2.22. The molecular weight excluding hydrogens is 358 g/mol. The molecular formula is C15H17BrClNOS. The summed E-state index contributed by atoms with van der Waals surface area (Å²) in [5.41, 5.74) is 1.18. The van der Waals surface area contributed by atoms with Gasteiger partial charge in [-0.2, -0.15) is 0 Å². The van der Waals surface area contributed by atoms with E-state index in [2.05, 4.69) is 40.3 Å². The van der Waals surface area contributed by atoms with Gasteiger partial charge in [-0.15, -0.1) is 11.3 Å². The summed E-state index contributed by atoms with van der Waals surface area (Å²) in [5.74, 6) is 0.868. The Kier molecular flexibility index (Phi) is 5.90. The maximum Gasteiger partial charge on any atom is 0.119 e. The first kappa shape index (κ1) is 15.8. The number of halogens is 2. The van der Waals surface area contributed by atoms with Crippen LogP contribution >= 0.6 is 38.9 Å². The smallest absolute Gasteiger partial charge is 0.119 e. The van der Waals surface area contributed by atoms with Crippen molar-refractivity contribution in [2.75, 3.05) is 13.7 Å². The van der Waals surface area contributed by atoms with E-state index in [1.165, 1.54) is 10.4 Å². The molecule has 1 heterocycles. The van der Waals surface area contributed by atoms with Crippen LogP contribution in [0.3, 0.4) is 0 Å². The van der Waals surface area contributed by atoms with E-state index in [-0.39, 0.29) is 6.04 Å². The predicted octanol–water partition coefficient (Wildman–Crippen LogP) is 5.26. The van der Waals surface area contributed by atoms with Crippen molar-refractivity contribution in [2.24, 2.45) is 0 Å². The van der Waals surface area contributed by atoms with Crippen LogP contribution in [0.4, 0.5) is 0 Å². The van der Waals surface area contributed by atoms with Gasteiger partial charge < -0.3 is 10.1 Å². The molecule has 0 aliphatic heterocycles. The second-order valence-electron chi connectivity index (χ2n) is 4.43. The summed E-state index contributed by atoms with van der Waals surface area (Å²) in [4.78, 5) is 1.20. The lowest BCUT2D eigenvalue weighted by Gasteiger charge is -2.18. The van der Waals surface area contributed by atoms with Crippen LogP contribution < -0.4 is 10.1 Å². The minimum atomic E-state index is 0.138. The zero-order valence-corrected chi connectivity index (χ0v) is 14.6. The number of rotatable bonds is 6. The number of benzene rings is 1. The Morgan fingerprint density at radius 2 is 2.20 bits per heavy atom. The maximum atomic E-state index is 6.16. The van der Waals surface area contributed by atoms with E-state index in [1.807, 2.05) is 18.2 Å². The molecule has 0 aliphatic rings. The number of hydrogen-bond acceptors (Lipinski definition) is 3. The van der Waals surface area contributed by atoms with E-state index in [0.29, 0.717) is 0 Å². The maximum absolute atomic E-state index is 6.16. The van der Waals surface area contributed by atoms with Gasteiger partial charge in [-0.1, -0.05) is 30.7 Å². The predicted molar refractivity (Wildman–Crippen MR) is 90.2 cm³/mol. The first-order valence-corrected chi connectivity index (χ1v) is 8.46. The van der Waals surface area contributed by atoms with Crippen molar-refractivity contribution in [3.8, 4) is 5.75 Å². The zero-order valence-electron chi connectivity index (χ0n) is 11.5. The zero-order chi connectivity index (χ0) is 14.5. The molecule has 108 valence electrons. The Balaban J connectivity index is 2.35. The molecule has 2 aromatic rings. The van der Waals surface area contributed by atoms with Crippen molar-refractivity contribution in [3.05, 3.63) is 49.6 Å². The SMILES string of the molecule is CCCNC(c1cccc(OC)c1)c1cc(Cl)c(Br)s1. The van der Waals surface area contributed by atoms with Gasteiger partial charge in [0.15, 0.2) is 0 Å². The Labute approximate surface area is 137 Å². The molecule has 1 atom stereocenters. The number of methoxy groups -OCH3 is 1. The van der Waals surface area contributed by atoms with Crippen LogP contribution in [0, 0.1) is 0 Å². The summed E-state index contributed by atoms with van der Waals surface area (Å²) in [6, 6.07) is 10.3. The van der Waals surface area contributed by atoms with Crippen LogP contribution in [0.15, 0.2) is 34.1 Å². The molecule has 0 saturated carbocycles. The van der Waals surface area contributed by atoms with Gasteiger partial charge in [0, 0.05) is 4.88 Å². The van der Waals surface area contributed by atoms with Crippen LogP contribution in [0.25, 0.3) is 0 Å². The average Bonchev–Trinajstić information content (AvgIpc) is 2.79. The fourth-order valence-electron chi connectivity index (χ4n) is 2.00. The summed E-state index contributed by atoms with van der Waals surface area (Å²) < 4.78 is 6.29. The highest BCUT2D eigenvalue weighted by molar-refractivity contribution is 9.11. The molecule has 1 aromatic carbocycles. The molecule has 1 aromatic heterocycles. The molecule has 1 N–H and O–H groups in total. The molecule has 20 heavy (non-hydrogen) atoms. The van der Waals surface area contributed by atoms with Crippen molar-refractivity contribution in [2.45, 2.75) is 19.4 Å². The van der Waals surface area contributed by atoms with Gasteiger partial charge in [0.05, 0.1) is 22.0 Å². The Bertz CT molecular complexity index is 553. The van der Waals surface area contributed by atoms with E-state index in [9.17, 15) is 0 Å². The molecule has 5 heteroatoms. The Morgan fingerprint density at radius 1 is 1.40 bits per heavy atom. The highest BCUT2D eigenvalue weighted by Crippen LogP contribution is 2.37. The van der Waals surface area contributed by atoms with Gasteiger partial charge in [-0.05, 0) is 52.7 Å². The van der Waals surface area contributed by atoms with Gasteiger partial charge in [0.25, 0.3) is 0 Å². The number of hydrogen-bond donors (Lipinski definition) is 1. The van der Waals surface area contributed by atoms with Crippen molar-refractivity contribution in [1.82, 2.24) is 5.32 Å². The number of ether oxygens (including phenoxy) is 1. The molecule has 2 nitrogen and oxygen atoms in total. The van der Waals surface area contributed by atoms with Gasteiger partial charge in [0.2, 0.25) is 0 Å². The average molecular weight is 375 g/mol. The lowest BCUT2D eigenvalue weighted by atomic mass is 10.0. The number of nitrogens with one attached hydrogen (secondary N) is 1. The molecule has 0 radical (unpaired) electrons. The van der Waals surface area contributed by atoms with Crippen LogP contribution in [0.5, 0.6) is 5.75 Å². The topological polar surface area (TPSA) is 21.3 Å². The van der Waals surface area contributed by atoms with Gasteiger partial charge in [0.1, 0.15) is 5.75 Å². The Hall–Kier alpha value is -0.550. The fraction of sp³-hybridized carbons (Fsp3) is 0.333. The van der Waals surface area contributed by atoms with E-state index in [4.69, 9.17) is 16.3 Å². The lowest BCUT2D eigenvalue weighted by molar-refractivity contribution is 0.413. The van der Waals surface area contributed by atoms with Crippen LogP contribution in [-0.4, -0.2) is 13.7 Å². The second-order valence-corrected chi connectivity index (χ2v) is 7.24. The normalized spacial score (nSPS) is 12.4. The van der Waals surface area contributed by atoms with Crippen molar-refractivity contribution in [3.63, 3.8) is 0 Å². The van der Waals surface area contributed by atoms with Crippen LogP contribution in [0.1, 0.15) is 29.8 Å². The molecule has 2 rings (SSSR count). The summed E-state index contributed by atoms with van der Waals surface area (Å²) in [5, 5.41) is 4.33. The molecule has 0 spiro atoms. The highest BCUT2D eigenvalue weighted by Gasteiger charge is 2.18. The third kappa shape index (κ3) is 3.76. The van der Waals surface area contributed by atoms with E-state index >= 15 is 0 Å². The quantitative estimate of drug-likeness (QED) is 0.744. The second kappa shape index (κ2) is 7.46. The Morgan fingerprint density at radius 3 is 2.80 bits per heavy atom. The first-order valence-electron chi connectivity index (χ1n) is 6.47. The third-order valence-corrected chi connectivity index (χ3v) is 5.51. The largest absolute Gasteiger partial charge is 0.497 e. The molecule has 0 saturated heterocycles. The minimum absolute atomic E-state index is 0.138. The van der Waals surface area contributed by atoms with Crippen molar-refractivity contribution < 1.29 is 4.74 Å². The molecule has 0 aliphatic carbocycles. The van der Waals surface area contributed by atoms with Crippen LogP contribution in [-0.2, 0) is 0 Å². The number of thiophene rings is 1. The van der Waals surface area contributed by atoms with E-state index < -0.39 is 0 Å². The summed E-state index contributed by atoms with van der Waals surface area (Å²) in [7, 11) is 1.69. The summed E-state index contributed by atoms with van der Waals surface area (Å²) in [6.45, 7) is 3.11. The highest BCUT2D eigenvalue weighted by atomic mass is 79.9. The molecule has 1 unspecified atom stereocenters. The molecule has 0 fully saturated rings. The third-order valence-electron chi connectivity index (χ3n) is 2.97. The monoisotopic (exact) mass is 373 g/mol. The van der Waals surface area contributed by atoms with Gasteiger partial charge >= 0.3 is 0 Å². The van der Waals surface area contributed by atoms with E-state index in [1.54, 1.807) is 18.4 Å². The first-order chi connectivity index (χ1) is 9.65.